The van der Waals surface area contributed by atoms with Crippen LogP contribution in [0.4, 0.5) is 0 Å². The third-order valence-corrected chi connectivity index (χ3v) is 4.44. The van der Waals surface area contributed by atoms with Gasteiger partial charge in [0.1, 0.15) is 0 Å². The monoisotopic (exact) mass is 336 g/mol. The van der Waals surface area contributed by atoms with E-state index < -0.39 is 0 Å². The third-order valence-electron chi connectivity index (χ3n) is 4.44. The highest BCUT2D eigenvalue weighted by Gasteiger charge is 2.28. The highest BCUT2D eigenvalue weighted by atomic mass is 35.5. The summed E-state index contributed by atoms with van der Waals surface area (Å²) in [6, 6.07) is 10.7. The molecule has 1 aromatic carbocycles. The van der Waals surface area contributed by atoms with Crippen molar-refractivity contribution in [1.82, 2.24) is 20.4 Å². The zero-order chi connectivity index (χ0) is 15.6. The number of piperazine rings is 1. The van der Waals surface area contributed by atoms with Crippen molar-refractivity contribution in [2.24, 2.45) is 0 Å². The number of hydrogen-bond acceptors (Lipinski definition) is 5. The molecule has 6 heteroatoms. The molecule has 0 amide bonds. The fourth-order valence-corrected chi connectivity index (χ4v) is 2.94. The van der Waals surface area contributed by atoms with E-state index in [0.717, 1.165) is 31.9 Å². The maximum atomic E-state index is 5.51. The summed E-state index contributed by atoms with van der Waals surface area (Å²) in [7, 11) is 2.11. The van der Waals surface area contributed by atoms with Gasteiger partial charge < -0.3 is 9.84 Å². The van der Waals surface area contributed by atoms with E-state index in [1.807, 2.05) is 6.07 Å². The smallest absolute Gasteiger partial charge is 0.227 e. The van der Waals surface area contributed by atoms with Crippen molar-refractivity contribution in [3.05, 3.63) is 47.6 Å². The van der Waals surface area contributed by atoms with Crippen molar-refractivity contribution in [3.8, 4) is 0 Å². The van der Waals surface area contributed by atoms with E-state index in [0.29, 0.717) is 5.89 Å². The minimum absolute atomic E-state index is 0. The molecule has 0 spiro atoms. The quantitative estimate of drug-likeness (QED) is 0.930. The number of nitrogens with zero attached hydrogens (tertiary/aromatic N) is 3. The summed E-state index contributed by atoms with van der Waals surface area (Å²) in [6.07, 6.45) is 0.744. The maximum absolute atomic E-state index is 5.51. The minimum atomic E-state index is -0.0260. The highest BCUT2D eigenvalue weighted by Crippen LogP contribution is 2.27. The number of benzene rings is 1. The van der Waals surface area contributed by atoms with Crippen LogP contribution in [0.5, 0.6) is 0 Å². The Bertz CT molecular complexity index is 614. The van der Waals surface area contributed by atoms with Gasteiger partial charge in [-0.1, -0.05) is 49.3 Å². The molecule has 2 aromatic rings. The first kappa shape index (κ1) is 17.9. The summed E-state index contributed by atoms with van der Waals surface area (Å²) in [5, 5.41) is 7.58. The molecule has 1 N–H and O–H groups in total. The van der Waals surface area contributed by atoms with Crippen LogP contribution in [0.3, 0.4) is 0 Å². The number of hydrogen-bond donors (Lipinski definition) is 1. The van der Waals surface area contributed by atoms with Crippen LogP contribution in [-0.4, -0.2) is 41.7 Å². The van der Waals surface area contributed by atoms with E-state index in [4.69, 9.17) is 4.52 Å². The van der Waals surface area contributed by atoms with E-state index in [1.54, 1.807) is 0 Å². The number of nitrogens with one attached hydrogen (secondary N) is 1. The molecule has 1 unspecified atom stereocenters. The third kappa shape index (κ3) is 4.10. The SMILES string of the molecule is CN1CCNCC1c1noc(CC(C)(C)c2ccccc2)n1.Cl. The van der Waals surface area contributed by atoms with Crippen molar-refractivity contribution in [2.75, 3.05) is 26.7 Å². The summed E-state index contributed by atoms with van der Waals surface area (Å²) in [4.78, 5) is 6.91. The molecule has 1 fully saturated rings. The van der Waals surface area contributed by atoms with Crippen LogP contribution in [0.2, 0.25) is 0 Å². The summed E-state index contributed by atoms with van der Waals surface area (Å²) in [6.45, 7) is 7.31. The molecular formula is C17H25ClN4O. The van der Waals surface area contributed by atoms with Gasteiger partial charge in [0.05, 0.1) is 6.04 Å². The van der Waals surface area contributed by atoms with Gasteiger partial charge in [-0.15, -0.1) is 12.4 Å². The van der Waals surface area contributed by atoms with Crippen LogP contribution in [0.15, 0.2) is 34.9 Å². The predicted octanol–water partition coefficient (Wildman–Crippen LogP) is 2.59. The van der Waals surface area contributed by atoms with E-state index in [9.17, 15) is 0 Å². The fourth-order valence-electron chi connectivity index (χ4n) is 2.94. The van der Waals surface area contributed by atoms with E-state index >= 15 is 0 Å². The molecule has 1 aromatic heterocycles. The van der Waals surface area contributed by atoms with Crippen molar-refractivity contribution >= 4 is 12.4 Å². The molecule has 0 aliphatic carbocycles. The first-order valence-electron chi connectivity index (χ1n) is 7.85. The lowest BCUT2D eigenvalue weighted by Crippen LogP contribution is -2.44. The van der Waals surface area contributed by atoms with Crippen molar-refractivity contribution in [2.45, 2.75) is 31.7 Å². The maximum Gasteiger partial charge on any atom is 0.227 e. The van der Waals surface area contributed by atoms with Gasteiger partial charge in [-0.25, -0.2) is 0 Å². The van der Waals surface area contributed by atoms with Crippen LogP contribution in [0.1, 0.15) is 37.2 Å². The second-order valence-electron chi connectivity index (χ2n) is 6.67. The Morgan fingerprint density at radius 1 is 1.30 bits per heavy atom. The average molecular weight is 337 g/mol. The van der Waals surface area contributed by atoms with Crippen LogP contribution >= 0.6 is 12.4 Å². The number of rotatable bonds is 4. The van der Waals surface area contributed by atoms with Gasteiger partial charge in [0.25, 0.3) is 0 Å². The molecule has 5 nitrogen and oxygen atoms in total. The molecule has 0 saturated carbocycles. The number of aromatic nitrogens is 2. The first-order valence-corrected chi connectivity index (χ1v) is 7.85. The zero-order valence-corrected chi connectivity index (χ0v) is 14.8. The summed E-state index contributed by atoms with van der Waals surface area (Å²) < 4.78 is 5.51. The molecule has 3 rings (SSSR count). The Labute approximate surface area is 143 Å². The Morgan fingerprint density at radius 3 is 2.74 bits per heavy atom. The highest BCUT2D eigenvalue weighted by molar-refractivity contribution is 5.85. The first-order chi connectivity index (χ1) is 10.6. The van der Waals surface area contributed by atoms with Gasteiger partial charge in [-0.3, -0.25) is 4.90 Å². The van der Waals surface area contributed by atoms with E-state index in [1.165, 1.54) is 5.56 Å². The number of likely N-dealkylation sites (N-methyl/N-ethyl adjacent to an activating group) is 1. The summed E-state index contributed by atoms with van der Waals surface area (Å²) >= 11 is 0. The molecule has 126 valence electrons. The predicted molar refractivity (Wildman–Crippen MR) is 93.0 cm³/mol. The number of halogens is 1. The Hall–Kier alpha value is -1.43. The average Bonchev–Trinajstić information content (AvgIpc) is 2.96. The van der Waals surface area contributed by atoms with Gasteiger partial charge in [-0.05, 0) is 18.0 Å². The molecule has 2 heterocycles. The van der Waals surface area contributed by atoms with Gasteiger partial charge >= 0.3 is 0 Å². The molecule has 1 aliphatic rings. The minimum Gasteiger partial charge on any atom is -0.339 e. The van der Waals surface area contributed by atoms with Crippen molar-refractivity contribution in [1.29, 1.82) is 0 Å². The lowest BCUT2D eigenvalue weighted by Gasteiger charge is -2.30. The Balaban J connectivity index is 0.00000192. The topological polar surface area (TPSA) is 54.2 Å². The zero-order valence-electron chi connectivity index (χ0n) is 14.0. The van der Waals surface area contributed by atoms with E-state index in [2.05, 4.69) is 65.5 Å². The van der Waals surface area contributed by atoms with Gasteiger partial charge in [-0.2, -0.15) is 4.98 Å². The second kappa shape index (κ2) is 7.43. The molecule has 0 radical (unpaired) electrons. The van der Waals surface area contributed by atoms with Crippen LogP contribution in [0.25, 0.3) is 0 Å². The lowest BCUT2D eigenvalue weighted by molar-refractivity contribution is 0.190. The van der Waals surface area contributed by atoms with E-state index in [-0.39, 0.29) is 23.9 Å². The second-order valence-corrected chi connectivity index (χ2v) is 6.67. The largest absolute Gasteiger partial charge is 0.339 e. The fraction of sp³-hybridized carbons (Fsp3) is 0.529. The Kier molecular flexibility index (Phi) is 5.79. The van der Waals surface area contributed by atoms with Crippen molar-refractivity contribution in [3.63, 3.8) is 0 Å². The van der Waals surface area contributed by atoms with Gasteiger partial charge in [0.15, 0.2) is 5.82 Å². The van der Waals surface area contributed by atoms with Gasteiger partial charge in [0.2, 0.25) is 5.89 Å². The van der Waals surface area contributed by atoms with Crippen LogP contribution < -0.4 is 5.32 Å². The van der Waals surface area contributed by atoms with Crippen molar-refractivity contribution < 1.29 is 4.52 Å². The summed E-state index contributed by atoms with van der Waals surface area (Å²) in [5.41, 5.74) is 1.26. The van der Waals surface area contributed by atoms with Gasteiger partial charge in [0, 0.05) is 26.1 Å². The molecule has 0 bridgehead atoms. The lowest BCUT2D eigenvalue weighted by atomic mass is 9.81. The molecule has 1 aliphatic heterocycles. The summed E-state index contributed by atoms with van der Waals surface area (Å²) in [5.74, 6) is 1.50. The molecule has 1 atom stereocenters. The molecule has 1 saturated heterocycles. The Morgan fingerprint density at radius 2 is 2.04 bits per heavy atom. The van der Waals surface area contributed by atoms with Crippen LogP contribution in [-0.2, 0) is 11.8 Å². The van der Waals surface area contributed by atoms with Crippen LogP contribution in [0, 0.1) is 0 Å². The normalized spacial score (nSPS) is 19.3. The standard InChI is InChI=1S/C17H24N4O.ClH/c1-17(2,13-7-5-4-6-8-13)11-15-19-16(20-22-15)14-12-18-9-10-21(14)3;/h4-8,14,18H,9-12H2,1-3H3;1H. The molecule has 23 heavy (non-hydrogen) atoms. The molecular weight excluding hydrogens is 312 g/mol.